The Morgan fingerprint density at radius 3 is 2.89 bits per heavy atom. The number of nitrogens with zero attached hydrogens (tertiary/aromatic N) is 1. The minimum Gasteiger partial charge on any atom is -0.460 e. The molecule has 27 heavy (non-hydrogen) atoms. The predicted molar refractivity (Wildman–Crippen MR) is 106 cm³/mol. The molecule has 146 valence electrons. The van der Waals surface area contributed by atoms with Crippen LogP contribution in [0.25, 0.3) is 10.9 Å². The fourth-order valence-corrected chi connectivity index (χ4v) is 4.84. The molecule has 1 saturated heterocycles. The van der Waals surface area contributed by atoms with Gasteiger partial charge in [0, 0.05) is 48.8 Å². The number of nitrogens with one attached hydrogen (secondary N) is 1. The summed E-state index contributed by atoms with van der Waals surface area (Å²) in [6, 6.07) is 7.46. The molecular formula is C22H30N2O3. The van der Waals surface area contributed by atoms with Gasteiger partial charge in [0.15, 0.2) is 0 Å². The number of rotatable bonds is 5. The second-order valence-electron chi connectivity index (χ2n) is 8.36. The van der Waals surface area contributed by atoms with Crippen molar-refractivity contribution in [3.8, 4) is 0 Å². The van der Waals surface area contributed by atoms with Gasteiger partial charge in [-0.25, -0.2) is 0 Å². The number of fused-ring (bicyclic) bond motifs is 2. The molecular weight excluding hydrogens is 340 g/mol. The molecule has 0 spiro atoms. The van der Waals surface area contributed by atoms with Gasteiger partial charge in [0.05, 0.1) is 12.5 Å². The Morgan fingerprint density at radius 1 is 1.33 bits per heavy atom. The molecule has 2 aromatic rings. The van der Waals surface area contributed by atoms with Crippen molar-refractivity contribution in [3.05, 3.63) is 35.5 Å². The van der Waals surface area contributed by atoms with Crippen LogP contribution in [0.2, 0.25) is 0 Å². The highest BCUT2D eigenvalue weighted by Crippen LogP contribution is 2.43. The van der Waals surface area contributed by atoms with Crippen molar-refractivity contribution in [3.63, 3.8) is 0 Å². The topological polar surface area (TPSA) is 52.5 Å². The van der Waals surface area contributed by atoms with Gasteiger partial charge in [-0.05, 0) is 50.8 Å². The SMILES string of the molecule is COCC(C)OC(=O)C1CNC2Cc3cn(C(C)C)c4cccc(c34)C2C1. The molecule has 5 nitrogen and oxygen atoms in total. The normalized spacial score (nSPS) is 25.4. The smallest absolute Gasteiger partial charge is 0.310 e. The summed E-state index contributed by atoms with van der Waals surface area (Å²) in [5, 5.41) is 5.04. The van der Waals surface area contributed by atoms with Gasteiger partial charge in [0.1, 0.15) is 6.10 Å². The molecule has 0 radical (unpaired) electrons. The second kappa shape index (κ2) is 7.28. The number of hydrogen-bond acceptors (Lipinski definition) is 4. The van der Waals surface area contributed by atoms with Crippen molar-refractivity contribution in [2.45, 2.75) is 57.7 Å². The third kappa shape index (κ3) is 3.27. The van der Waals surface area contributed by atoms with Crippen LogP contribution in [0.3, 0.4) is 0 Å². The van der Waals surface area contributed by atoms with Crippen molar-refractivity contribution in [1.29, 1.82) is 0 Å². The van der Waals surface area contributed by atoms with Crippen molar-refractivity contribution >= 4 is 16.9 Å². The van der Waals surface area contributed by atoms with Gasteiger partial charge in [0.2, 0.25) is 0 Å². The Balaban J connectivity index is 1.61. The third-order valence-corrected chi connectivity index (χ3v) is 6.07. The second-order valence-corrected chi connectivity index (χ2v) is 8.36. The van der Waals surface area contributed by atoms with Gasteiger partial charge in [0.25, 0.3) is 0 Å². The molecule has 4 unspecified atom stereocenters. The average Bonchev–Trinajstić information content (AvgIpc) is 3.02. The lowest BCUT2D eigenvalue weighted by atomic mass is 9.73. The van der Waals surface area contributed by atoms with Crippen LogP contribution in [0, 0.1) is 5.92 Å². The first-order valence-corrected chi connectivity index (χ1v) is 10.0. The minimum absolute atomic E-state index is 0.102. The maximum Gasteiger partial charge on any atom is 0.310 e. The number of carbonyl (C=O) groups is 1. The van der Waals surface area contributed by atoms with E-state index in [0.29, 0.717) is 31.2 Å². The molecule has 0 saturated carbocycles. The van der Waals surface area contributed by atoms with Crippen LogP contribution in [-0.4, -0.2) is 42.9 Å². The van der Waals surface area contributed by atoms with E-state index in [1.165, 1.54) is 22.0 Å². The van der Waals surface area contributed by atoms with Gasteiger partial charge >= 0.3 is 5.97 Å². The van der Waals surface area contributed by atoms with Crippen LogP contribution < -0.4 is 5.32 Å². The van der Waals surface area contributed by atoms with E-state index < -0.39 is 0 Å². The number of piperidine rings is 1. The van der Waals surface area contributed by atoms with Crippen molar-refractivity contribution in [2.75, 3.05) is 20.3 Å². The van der Waals surface area contributed by atoms with Crippen LogP contribution in [0.15, 0.2) is 24.4 Å². The summed E-state index contributed by atoms with van der Waals surface area (Å²) in [6.45, 7) is 7.46. The Hall–Kier alpha value is -1.85. The molecule has 1 aromatic heterocycles. The highest BCUT2D eigenvalue weighted by Gasteiger charge is 2.39. The number of benzene rings is 1. The highest BCUT2D eigenvalue weighted by molar-refractivity contribution is 5.89. The molecule has 2 heterocycles. The number of ether oxygens (including phenoxy) is 2. The molecule has 0 amide bonds. The zero-order valence-corrected chi connectivity index (χ0v) is 16.7. The maximum atomic E-state index is 12.6. The zero-order chi connectivity index (χ0) is 19.1. The summed E-state index contributed by atoms with van der Waals surface area (Å²) in [4.78, 5) is 12.6. The Morgan fingerprint density at radius 2 is 2.15 bits per heavy atom. The lowest BCUT2D eigenvalue weighted by Crippen LogP contribution is -2.49. The first-order chi connectivity index (χ1) is 13.0. The van der Waals surface area contributed by atoms with E-state index in [4.69, 9.17) is 9.47 Å². The molecule has 4 atom stereocenters. The zero-order valence-electron chi connectivity index (χ0n) is 16.7. The number of hydrogen-bond donors (Lipinski definition) is 1. The molecule has 5 heteroatoms. The molecule has 1 N–H and O–H groups in total. The molecule has 0 bridgehead atoms. The number of carbonyl (C=O) groups excluding carboxylic acids is 1. The highest BCUT2D eigenvalue weighted by atomic mass is 16.6. The van der Waals surface area contributed by atoms with E-state index in [9.17, 15) is 4.79 Å². The van der Waals surface area contributed by atoms with Crippen molar-refractivity contribution in [1.82, 2.24) is 9.88 Å². The Kier molecular flexibility index (Phi) is 4.99. The Labute approximate surface area is 161 Å². The molecule has 1 fully saturated rings. The monoisotopic (exact) mass is 370 g/mol. The number of methoxy groups -OCH3 is 1. The third-order valence-electron chi connectivity index (χ3n) is 6.07. The minimum atomic E-state index is -0.207. The van der Waals surface area contributed by atoms with E-state index in [1.807, 2.05) is 6.92 Å². The summed E-state index contributed by atoms with van der Waals surface area (Å²) < 4.78 is 13.0. The summed E-state index contributed by atoms with van der Waals surface area (Å²) in [5.41, 5.74) is 4.13. The van der Waals surface area contributed by atoms with Gasteiger partial charge in [-0.15, -0.1) is 0 Å². The molecule has 4 rings (SSSR count). The fraction of sp³-hybridized carbons (Fsp3) is 0.591. The largest absolute Gasteiger partial charge is 0.460 e. The summed E-state index contributed by atoms with van der Waals surface area (Å²) in [6.07, 6.45) is 3.99. The Bertz CT molecular complexity index is 841. The van der Waals surface area contributed by atoms with Crippen molar-refractivity contribution in [2.24, 2.45) is 5.92 Å². The van der Waals surface area contributed by atoms with Gasteiger partial charge in [-0.2, -0.15) is 0 Å². The van der Waals surface area contributed by atoms with Crippen LogP contribution in [-0.2, 0) is 20.7 Å². The molecule has 1 aromatic carbocycles. The number of aromatic nitrogens is 1. The lowest BCUT2D eigenvalue weighted by molar-refractivity contribution is -0.156. The predicted octanol–water partition coefficient (Wildman–Crippen LogP) is 3.42. The average molecular weight is 370 g/mol. The van der Waals surface area contributed by atoms with Gasteiger partial charge in [-0.3, -0.25) is 4.79 Å². The first kappa shape index (κ1) is 18.5. The van der Waals surface area contributed by atoms with E-state index in [0.717, 1.165) is 12.8 Å². The van der Waals surface area contributed by atoms with Gasteiger partial charge in [-0.1, -0.05) is 12.1 Å². The van der Waals surface area contributed by atoms with E-state index in [-0.39, 0.29) is 18.0 Å². The molecule has 1 aliphatic carbocycles. The summed E-state index contributed by atoms with van der Waals surface area (Å²) in [5.74, 6) is 0.144. The van der Waals surface area contributed by atoms with E-state index in [2.05, 4.69) is 48.1 Å². The van der Waals surface area contributed by atoms with Crippen LogP contribution in [0.4, 0.5) is 0 Å². The van der Waals surface area contributed by atoms with E-state index >= 15 is 0 Å². The fourth-order valence-electron chi connectivity index (χ4n) is 4.84. The summed E-state index contributed by atoms with van der Waals surface area (Å²) >= 11 is 0. The van der Waals surface area contributed by atoms with Crippen LogP contribution in [0.1, 0.15) is 50.3 Å². The quantitative estimate of drug-likeness (QED) is 0.820. The van der Waals surface area contributed by atoms with Crippen LogP contribution in [0.5, 0.6) is 0 Å². The summed E-state index contributed by atoms with van der Waals surface area (Å²) in [7, 11) is 1.63. The van der Waals surface area contributed by atoms with Gasteiger partial charge < -0.3 is 19.4 Å². The lowest BCUT2D eigenvalue weighted by Gasteiger charge is -2.39. The maximum absolute atomic E-state index is 12.6. The first-order valence-electron chi connectivity index (χ1n) is 10.0. The molecule has 1 aliphatic heterocycles. The molecule has 2 aliphatic rings. The number of esters is 1. The van der Waals surface area contributed by atoms with Crippen molar-refractivity contribution < 1.29 is 14.3 Å². The van der Waals surface area contributed by atoms with Crippen LogP contribution >= 0.6 is 0 Å². The van der Waals surface area contributed by atoms with E-state index in [1.54, 1.807) is 7.11 Å². The standard InChI is InChI=1S/C22H30N2O3/c1-13(2)24-11-16-9-19-18(17-6-5-7-20(24)21(16)17)8-15(10-23-19)22(25)27-14(3)12-26-4/h5-7,11,13-15,18-19,23H,8-10,12H2,1-4H3.